The Morgan fingerprint density at radius 3 is 2.81 bits per heavy atom. The van der Waals surface area contributed by atoms with E-state index in [4.69, 9.17) is 5.73 Å². The molecule has 2 unspecified atom stereocenters. The molecule has 1 heterocycles. The van der Waals surface area contributed by atoms with Gasteiger partial charge in [-0.2, -0.15) is 0 Å². The van der Waals surface area contributed by atoms with Crippen molar-refractivity contribution in [2.24, 2.45) is 5.73 Å². The van der Waals surface area contributed by atoms with Crippen LogP contribution in [0.15, 0.2) is 30.3 Å². The molecule has 2 atom stereocenters. The maximum absolute atomic E-state index is 5.79. The molecule has 1 aliphatic rings. The Morgan fingerprint density at radius 1 is 1.38 bits per heavy atom. The molecule has 1 saturated heterocycles. The topological polar surface area (TPSA) is 29.3 Å². The Bertz CT molecular complexity index is 308. The van der Waals surface area contributed by atoms with Gasteiger partial charge in [-0.05, 0) is 44.3 Å². The van der Waals surface area contributed by atoms with Crippen LogP contribution in [0.3, 0.4) is 0 Å². The molecule has 0 saturated carbocycles. The van der Waals surface area contributed by atoms with Gasteiger partial charge in [0.25, 0.3) is 0 Å². The third kappa shape index (κ3) is 3.06. The lowest BCUT2D eigenvalue weighted by Gasteiger charge is -2.17. The lowest BCUT2D eigenvalue weighted by molar-refractivity contribution is 0.320. The fraction of sp³-hybridized carbons (Fsp3) is 0.571. The maximum Gasteiger partial charge on any atom is 0.00508 e. The molecule has 2 heteroatoms. The van der Waals surface area contributed by atoms with Crippen LogP contribution in [-0.2, 0) is 0 Å². The highest BCUT2D eigenvalue weighted by molar-refractivity contribution is 5.20. The van der Waals surface area contributed by atoms with E-state index < -0.39 is 0 Å². The predicted molar refractivity (Wildman–Crippen MR) is 68.5 cm³/mol. The van der Waals surface area contributed by atoms with Gasteiger partial charge < -0.3 is 10.6 Å². The van der Waals surface area contributed by atoms with Crippen LogP contribution < -0.4 is 5.73 Å². The van der Waals surface area contributed by atoms with E-state index in [-0.39, 0.29) is 0 Å². The van der Waals surface area contributed by atoms with Gasteiger partial charge in [-0.3, -0.25) is 0 Å². The van der Waals surface area contributed by atoms with Crippen LogP contribution in [0.4, 0.5) is 0 Å². The number of likely N-dealkylation sites (tertiary alicyclic amines) is 1. The minimum Gasteiger partial charge on any atom is -0.328 e. The van der Waals surface area contributed by atoms with Crippen molar-refractivity contribution in [1.82, 2.24) is 4.90 Å². The van der Waals surface area contributed by atoms with Crippen molar-refractivity contribution in [3.63, 3.8) is 0 Å². The molecular weight excluding hydrogens is 196 g/mol. The van der Waals surface area contributed by atoms with Crippen molar-refractivity contribution in [2.75, 3.05) is 19.6 Å². The smallest absolute Gasteiger partial charge is 0.00508 e. The number of rotatable bonds is 4. The minimum absolute atomic E-state index is 0.329. The second-order valence-corrected chi connectivity index (χ2v) is 4.96. The Hall–Kier alpha value is -0.860. The zero-order valence-electron chi connectivity index (χ0n) is 10.1. The predicted octanol–water partition coefficient (Wildman–Crippen LogP) is 2.21. The van der Waals surface area contributed by atoms with E-state index in [1.54, 1.807) is 0 Å². The number of hydrogen-bond donors (Lipinski definition) is 1. The molecule has 1 aliphatic heterocycles. The minimum atomic E-state index is 0.329. The molecule has 0 aromatic heterocycles. The molecule has 16 heavy (non-hydrogen) atoms. The third-order valence-electron chi connectivity index (χ3n) is 3.44. The largest absolute Gasteiger partial charge is 0.328 e. The number of benzene rings is 1. The Kier molecular flexibility index (Phi) is 3.97. The molecule has 1 fully saturated rings. The molecule has 2 N–H and O–H groups in total. The lowest BCUT2D eigenvalue weighted by atomic mass is 9.99. The summed E-state index contributed by atoms with van der Waals surface area (Å²) in [6.07, 6.45) is 2.41. The summed E-state index contributed by atoms with van der Waals surface area (Å²) >= 11 is 0. The Balaban J connectivity index is 1.84. The Morgan fingerprint density at radius 2 is 2.12 bits per heavy atom. The number of nitrogens with two attached hydrogens (primary N) is 1. The first-order valence-corrected chi connectivity index (χ1v) is 6.28. The van der Waals surface area contributed by atoms with Gasteiger partial charge in [-0.15, -0.1) is 0 Å². The van der Waals surface area contributed by atoms with E-state index in [1.165, 1.54) is 25.1 Å². The first kappa shape index (κ1) is 11.6. The van der Waals surface area contributed by atoms with Gasteiger partial charge in [0.2, 0.25) is 0 Å². The Labute approximate surface area is 98.4 Å². The molecule has 2 nitrogen and oxygen atoms in total. The quantitative estimate of drug-likeness (QED) is 0.839. The average molecular weight is 218 g/mol. The summed E-state index contributed by atoms with van der Waals surface area (Å²) in [7, 11) is 0. The van der Waals surface area contributed by atoms with Crippen LogP contribution in [0.1, 0.15) is 31.2 Å². The molecule has 1 aromatic rings. The molecule has 1 aromatic carbocycles. The average Bonchev–Trinajstić information content (AvgIpc) is 2.76. The zero-order valence-corrected chi connectivity index (χ0v) is 10.1. The van der Waals surface area contributed by atoms with E-state index in [2.05, 4.69) is 42.2 Å². The van der Waals surface area contributed by atoms with E-state index in [9.17, 15) is 0 Å². The molecule has 0 bridgehead atoms. The highest BCUT2D eigenvalue weighted by Crippen LogP contribution is 2.26. The van der Waals surface area contributed by atoms with Crippen molar-refractivity contribution < 1.29 is 0 Å². The molecule has 2 rings (SSSR count). The van der Waals surface area contributed by atoms with Crippen molar-refractivity contribution in [1.29, 1.82) is 0 Å². The van der Waals surface area contributed by atoms with Crippen molar-refractivity contribution in [3.8, 4) is 0 Å². The normalized spacial score (nSPS) is 23.5. The van der Waals surface area contributed by atoms with Crippen LogP contribution in [0, 0.1) is 0 Å². The van der Waals surface area contributed by atoms with Gasteiger partial charge in [0.1, 0.15) is 0 Å². The zero-order chi connectivity index (χ0) is 11.4. The summed E-state index contributed by atoms with van der Waals surface area (Å²) in [5, 5.41) is 0. The lowest BCUT2D eigenvalue weighted by Crippen LogP contribution is -2.27. The summed E-state index contributed by atoms with van der Waals surface area (Å²) in [6.45, 7) is 5.68. The van der Waals surface area contributed by atoms with Crippen LogP contribution >= 0.6 is 0 Å². The standard InChI is InChI=1S/C14H22N2/c1-12(15)7-9-16-10-8-14(11-16)13-5-3-2-4-6-13/h2-6,12,14H,7-11,15H2,1H3. The first-order chi connectivity index (χ1) is 7.75. The summed E-state index contributed by atoms with van der Waals surface area (Å²) in [5.41, 5.74) is 7.28. The molecule has 0 aliphatic carbocycles. The fourth-order valence-corrected chi connectivity index (χ4v) is 2.42. The van der Waals surface area contributed by atoms with Crippen LogP contribution in [0.25, 0.3) is 0 Å². The van der Waals surface area contributed by atoms with Crippen molar-refractivity contribution >= 4 is 0 Å². The van der Waals surface area contributed by atoms with E-state index in [1.807, 2.05) is 0 Å². The fourth-order valence-electron chi connectivity index (χ4n) is 2.42. The van der Waals surface area contributed by atoms with Gasteiger partial charge >= 0.3 is 0 Å². The monoisotopic (exact) mass is 218 g/mol. The summed E-state index contributed by atoms with van der Waals surface area (Å²) in [5.74, 6) is 0.731. The summed E-state index contributed by atoms with van der Waals surface area (Å²) < 4.78 is 0. The molecular formula is C14H22N2. The third-order valence-corrected chi connectivity index (χ3v) is 3.44. The molecule has 0 amide bonds. The second-order valence-electron chi connectivity index (χ2n) is 4.96. The van der Waals surface area contributed by atoms with Gasteiger partial charge in [0.05, 0.1) is 0 Å². The maximum atomic E-state index is 5.79. The summed E-state index contributed by atoms with van der Waals surface area (Å²) in [4.78, 5) is 2.54. The second kappa shape index (κ2) is 5.46. The van der Waals surface area contributed by atoms with E-state index in [0.717, 1.165) is 18.9 Å². The van der Waals surface area contributed by atoms with Crippen molar-refractivity contribution in [3.05, 3.63) is 35.9 Å². The van der Waals surface area contributed by atoms with Crippen LogP contribution in [0.2, 0.25) is 0 Å². The van der Waals surface area contributed by atoms with Gasteiger partial charge in [-0.25, -0.2) is 0 Å². The highest BCUT2D eigenvalue weighted by Gasteiger charge is 2.23. The number of hydrogen-bond acceptors (Lipinski definition) is 2. The molecule has 0 radical (unpaired) electrons. The first-order valence-electron chi connectivity index (χ1n) is 6.28. The molecule has 0 spiro atoms. The van der Waals surface area contributed by atoms with E-state index >= 15 is 0 Å². The summed E-state index contributed by atoms with van der Waals surface area (Å²) in [6, 6.07) is 11.2. The van der Waals surface area contributed by atoms with Crippen LogP contribution in [-0.4, -0.2) is 30.6 Å². The van der Waals surface area contributed by atoms with Crippen molar-refractivity contribution in [2.45, 2.75) is 31.7 Å². The van der Waals surface area contributed by atoms with E-state index in [0.29, 0.717) is 6.04 Å². The molecule has 88 valence electrons. The highest BCUT2D eigenvalue weighted by atomic mass is 15.1. The van der Waals surface area contributed by atoms with Gasteiger partial charge in [-0.1, -0.05) is 30.3 Å². The SMILES string of the molecule is CC(N)CCN1CCC(c2ccccc2)C1. The van der Waals surface area contributed by atoms with Gasteiger partial charge in [0, 0.05) is 12.6 Å². The number of nitrogens with zero attached hydrogens (tertiary/aromatic N) is 1. The van der Waals surface area contributed by atoms with Gasteiger partial charge in [0.15, 0.2) is 0 Å². The van der Waals surface area contributed by atoms with Crippen LogP contribution in [0.5, 0.6) is 0 Å².